The minimum Gasteiger partial charge on any atom is -0.493 e. The van der Waals surface area contributed by atoms with Gasteiger partial charge in [0, 0.05) is 12.6 Å². The van der Waals surface area contributed by atoms with Crippen molar-refractivity contribution in [3.05, 3.63) is 29.8 Å². The van der Waals surface area contributed by atoms with Crippen LogP contribution in [0.4, 0.5) is 0 Å². The van der Waals surface area contributed by atoms with Gasteiger partial charge in [0.05, 0.1) is 13.0 Å². The summed E-state index contributed by atoms with van der Waals surface area (Å²) in [6.45, 7) is 4.29. The zero-order valence-electron chi connectivity index (χ0n) is 11.0. The maximum absolute atomic E-state index is 11.5. The largest absolute Gasteiger partial charge is 0.493 e. The Morgan fingerprint density at radius 3 is 2.83 bits per heavy atom. The lowest BCUT2D eigenvalue weighted by Gasteiger charge is -2.13. The molecule has 18 heavy (non-hydrogen) atoms. The van der Waals surface area contributed by atoms with Crippen LogP contribution in [0.5, 0.6) is 5.75 Å². The zero-order chi connectivity index (χ0) is 13.4. The summed E-state index contributed by atoms with van der Waals surface area (Å²) in [5.41, 5.74) is 1.06. The zero-order valence-corrected chi connectivity index (χ0v) is 11.0. The summed E-state index contributed by atoms with van der Waals surface area (Å²) in [7, 11) is 0. The van der Waals surface area contributed by atoms with E-state index >= 15 is 0 Å². The van der Waals surface area contributed by atoms with Gasteiger partial charge in [0.2, 0.25) is 5.91 Å². The van der Waals surface area contributed by atoms with Crippen molar-refractivity contribution >= 4 is 5.91 Å². The van der Waals surface area contributed by atoms with Crippen LogP contribution in [0.15, 0.2) is 24.3 Å². The maximum Gasteiger partial charge on any atom is 0.223 e. The van der Waals surface area contributed by atoms with Crippen LogP contribution in [0, 0.1) is 6.92 Å². The fourth-order valence-electron chi connectivity index (χ4n) is 1.58. The van der Waals surface area contributed by atoms with Gasteiger partial charge in [0.1, 0.15) is 5.75 Å². The first kappa shape index (κ1) is 14.5. The highest BCUT2D eigenvalue weighted by atomic mass is 16.5. The SMILES string of the molecule is Cc1ccccc1OCCC(=O)NC(C)CCO. The fourth-order valence-corrected chi connectivity index (χ4v) is 1.58. The minimum absolute atomic E-state index is 0.000890. The van der Waals surface area contributed by atoms with E-state index in [1.165, 1.54) is 0 Å². The number of carbonyl (C=O) groups is 1. The second-order valence-electron chi connectivity index (χ2n) is 4.34. The molecular weight excluding hydrogens is 230 g/mol. The number of carbonyl (C=O) groups excluding carboxylic acids is 1. The van der Waals surface area contributed by atoms with Crippen molar-refractivity contribution in [1.82, 2.24) is 5.32 Å². The number of rotatable bonds is 7. The van der Waals surface area contributed by atoms with Crippen LogP contribution < -0.4 is 10.1 Å². The Hall–Kier alpha value is -1.55. The van der Waals surface area contributed by atoms with Gasteiger partial charge in [-0.05, 0) is 31.9 Å². The van der Waals surface area contributed by atoms with Gasteiger partial charge in [0.15, 0.2) is 0 Å². The fraction of sp³-hybridized carbons (Fsp3) is 0.500. The first-order valence-electron chi connectivity index (χ1n) is 6.22. The van der Waals surface area contributed by atoms with E-state index in [4.69, 9.17) is 9.84 Å². The number of aryl methyl sites for hydroxylation is 1. The van der Waals surface area contributed by atoms with Crippen LogP contribution in [0.25, 0.3) is 0 Å². The van der Waals surface area contributed by atoms with Crippen molar-refractivity contribution in [2.75, 3.05) is 13.2 Å². The molecular formula is C14H21NO3. The summed E-state index contributed by atoms with van der Waals surface area (Å²) in [5.74, 6) is 0.762. The van der Waals surface area contributed by atoms with E-state index in [1.807, 2.05) is 38.1 Å². The number of aliphatic hydroxyl groups excluding tert-OH is 1. The van der Waals surface area contributed by atoms with E-state index in [2.05, 4.69) is 5.32 Å². The first-order valence-corrected chi connectivity index (χ1v) is 6.22. The molecule has 0 saturated heterocycles. The number of hydrogen-bond acceptors (Lipinski definition) is 3. The summed E-state index contributed by atoms with van der Waals surface area (Å²) in [6, 6.07) is 7.72. The molecule has 0 bridgehead atoms. The molecule has 0 aliphatic heterocycles. The lowest BCUT2D eigenvalue weighted by Crippen LogP contribution is -2.33. The Bertz CT molecular complexity index is 379. The number of amides is 1. The van der Waals surface area contributed by atoms with Crippen molar-refractivity contribution in [2.24, 2.45) is 0 Å². The number of hydrogen-bond donors (Lipinski definition) is 2. The Balaban J connectivity index is 2.25. The number of nitrogens with one attached hydrogen (secondary N) is 1. The number of ether oxygens (including phenoxy) is 1. The van der Waals surface area contributed by atoms with Crippen molar-refractivity contribution in [3.8, 4) is 5.75 Å². The molecule has 0 saturated carbocycles. The molecule has 1 amide bonds. The quantitative estimate of drug-likeness (QED) is 0.774. The third-order valence-electron chi connectivity index (χ3n) is 2.65. The van der Waals surface area contributed by atoms with E-state index in [1.54, 1.807) is 0 Å². The number of aliphatic hydroxyl groups is 1. The van der Waals surface area contributed by atoms with Gasteiger partial charge in [0.25, 0.3) is 0 Å². The highest BCUT2D eigenvalue weighted by Crippen LogP contribution is 2.16. The van der Waals surface area contributed by atoms with Crippen molar-refractivity contribution in [3.63, 3.8) is 0 Å². The molecule has 2 N–H and O–H groups in total. The molecule has 1 unspecified atom stereocenters. The van der Waals surface area contributed by atoms with Crippen LogP contribution in [0.3, 0.4) is 0 Å². The van der Waals surface area contributed by atoms with E-state index in [9.17, 15) is 4.79 Å². The summed E-state index contributed by atoms with van der Waals surface area (Å²) in [4.78, 5) is 11.5. The van der Waals surface area contributed by atoms with Gasteiger partial charge < -0.3 is 15.2 Å². The summed E-state index contributed by atoms with van der Waals surface area (Å²) in [5, 5.41) is 11.5. The molecule has 0 spiro atoms. The average Bonchev–Trinajstić information content (AvgIpc) is 2.31. The van der Waals surface area contributed by atoms with E-state index < -0.39 is 0 Å². The van der Waals surface area contributed by atoms with E-state index in [-0.39, 0.29) is 18.6 Å². The average molecular weight is 251 g/mol. The predicted molar refractivity (Wildman–Crippen MR) is 70.6 cm³/mol. The molecule has 4 nitrogen and oxygen atoms in total. The molecule has 1 rings (SSSR count). The highest BCUT2D eigenvalue weighted by molar-refractivity contribution is 5.76. The molecule has 4 heteroatoms. The summed E-state index contributed by atoms with van der Waals surface area (Å²) >= 11 is 0. The normalized spacial score (nSPS) is 11.9. The molecule has 1 atom stereocenters. The molecule has 0 radical (unpaired) electrons. The Morgan fingerprint density at radius 1 is 1.44 bits per heavy atom. The Morgan fingerprint density at radius 2 is 2.17 bits per heavy atom. The van der Waals surface area contributed by atoms with Gasteiger partial charge in [-0.3, -0.25) is 4.79 Å². The Kier molecular flexibility index (Phi) is 6.22. The maximum atomic E-state index is 11.5. The van der Waals surface area contributed by atoms with Crippen molar-refractivity contribution in [1.29, 1.82) is 0 Å². The van der Waals surface area contributed by atoms with Crippen LogP contribution in [-0.2, 0) is 4.79 Å². The highest BCUT2D eigenvalue weighted by Gasteiger charge is 2.07. The van der Waals surface area contributed by atoms with E-state index in [0.29, 0.717) is 19.4 Å². The third-order valence-corrected chi connectivity index (χ3v) is 2.65. The monoisotopic (exact) mass is 251 g/mol. The molecule has 0 aromatic heterocycles. The second-order valence-corrected chi connectivity index (χ2v) is 4.34. The van der Waals surface area contributed by atoms with Gasteiger partial charge in [-0.25, -0.2) is 0 Å². The molecule has 0 fully saturated rings. The van der Waals surface area contributed by atoms with Crippen molar-refractivity contribution in [2.45, 2.75) is 32.7 Å². The smallest absolute Gasteiger partial charge is 0.223 e. The van der Waals surface area contributed by atoms with Gasteiger partial charge in [-0.2, -0.15) is 0 Å². The van der Waals surface area contributed by atoms with Gasteiger partial charge in [-0.15, -0.1) is 0 Å². The predicted octanol–water partition coefficient (Wildman–Crippen LogP) is 1.65. The molecule has 0 aliphatic rings. The van der Waals surface area contributed by atoms with Crippen LogP contribution in [-0.4, -0.2) is 30.3 Å². The van der Waals surface area contributed by atoms with Crippen molar-refractivity contribution < 1.29 is 14.6 Å². The molecule has 0 aliphatic carbocycles. The third kappa shape index (κ3) is 5.19. The molecule has 1 aromatic rings. The summed E-state index contributed by atoms with van der Waals surface area (Å²) < 4.78 is 5.54. The first-order chi connectivity index (χ1) is 8.63. The second kappa shape index (κ2) is 7.71. The Labute approximate surface area is 108 Å². The lowest BCUT2D eigenvalue weighted by atomic mass is 10.2. The molecule has 1 aromatic carbocycles. The van der Waals surface area contributed by atoms with Crippen LogP contribution in [0.1, 0.15) is 25.3 Å². The lowest BCUT2D eigenvalue weighted by molar-refractivity contribution is -0.122. The number of benzene rings is 1. The number of para-hydroxylation sites is 1. The molecule has 100 valence electrons. The topological polar surface area (TPSA) is 58.6 Å². The van der Waals surface area contributed by atoms with Crippen LogP contribution in [0.2, 0.25) is 0 Å². The molecule has 0 heterocycles. The standard InChI is InChI=1S/C14H21NO3/c1-11-5-3-4-6-13(11)18-10-8-14(17)15-12(2)7-9-16/h3-6,12,16H,7-10H2,1-2H3,(H,15,17). The van der Waals surface area contributed by atoms with Gasteiger partial charge >= 0.3 is 0 Å². The summed E-state index contributed by atoms with van der Waals surface area (Å²) in [6.07, 6.45) is 0.897. The van der Waals surface area contributed by atoms with Gasteiger partial charge in [-0.1, -0.05) is 18.2 Å². The van der Waals surface area contributed by atoms with E-state index in [0.717, 1.165) is 11.3 Å². The minimum atomic E-state index is -0.0514. The van der Waals surface area contributed by atoms with Crippen LogP contribution >= 0.6 is 0 Å².